The third kappa shape index (κ3) is 5.11. The largest absolute Gasteiger partial charge is 0.481 e. The molecule has 18 heavy (non-hydrogen) atoms. The Balaban J connectivity index is 2.50. The SMILES string of the molecule is O=C(O)CCC(=O)Nc1ccc(CC(=O)O)cc1. The Kier molecular flexibility index (Phi) is 4.86. The molecule has 0 radical (unpaired) electrons. The summed E-state index contributed by atoms with van der Waals surface area (Å²) in [7, 11) is 0. The second-order valence-corrected chi connectivity index (χ2v) is 3.71. The fourth-order valence-electron chi connectivity index (χ4n) is 1.32. The number of benzene rings is 1. The molecule has 0 fully saturated rings. The molecule has 0 heterocycles. The molecule has 0 saturated carbocycles. The van der Waals surface area contributed by atoms with Crippen molar-refractivity contribution in [2.75, 3.05) is 5.32 Å². The minimum atomic E-state index is -1.03. The van der Waals surface area contributed by atoms with E-state index in [0.29, 0.717) is 11.3 Å². The van der Waals surface area contributed by atoms with Gasteiger partial charge >= 0.3 is 11.9 Å². The monoisotopic (exact) mass is 251 g/mol. The molecule has 3 N–H and O–H groups in total. The molecule has 1 amide bonds. The van der Waals surface area contributed by atoms with Crippen molar-refractivity contribution in [3.63, 3.8) is 0 Å². The van der Waals surface area contributed by atoms with Crippen molar-refractivity contribution in [1.29, 1.82) is 0 Å². The maximum atomic E-state index is 11.3. The van der Waals surface area contributed by atoms with Gasteiger partial charge in [0, 0.05) is 12.1 Å². The van der Waals surface area contributed by atoms with E-state index in [9.17, 15) is 14.4 Å². The van der Waals surface area contributed by atoms with Gasteiger partial charge in [0.2, 0.25) is 5.91 Å². The molecule has 0 unspecified atom stereocenters. The predicted molar refractivity (Wildman–Crippen MR) is 63.3 cm³/mol. The molecule has 1 aromatic carbocycles. The van der Waals surface area contributed by atoms with Crippen LogP contribution in [0.3, 0.4) is 0 Å². The zero-order valence-electron chi connectivity index (χ0n) is 9.55. The van der Waals surface area contributed by atoms with Crippen molar-refractivity contribution in [2.45, 2.75) is 19.3 Å². The maximum absolute atomic E-state index is 11.3. The van der Waals surface area contributed by atoms with Gasteiger partial charge < -0.3 is 15.5 Å². The van der Waals surface area contributed by atoms with Gasteiger partial charge in [-0.25, -0.2) is 0 Å². The Morgan fingerprint density at radius 2 is 1.56 bits per heavy atom. The number of hydrogen-bond donors (Lipinski definition) is 3. The van der Waals surface area contributed by atoms with Gasteiger partial charge in [0.25, 0.3) is 0 Å². The number of anilines is 1. The topological polar surface area (TPSA) is 104 Å². The summed E-state index contributed by atoms with van der Waals surface area (Å²) in [6.07, 6.45) is -0.387. The highest BCUT2D eigenvalue weighted by molar-refractivity contribution is 5.92. The maximum Gasteiger partial charge on any atom is 0.307 e. The Labute approximate surface area is 103 Å². The zero-order chi connectivity index (χ0) is 13.5. The standard InChI is InChI=1S/C12H13NO5/c14-10(5-6-11(15)16)13-9-3-1-8(2-4-9)7-12(17)18/h1-4H,5-7H2,(H,13,14)(H,15,16)(H,17,18). The number of hydrogen-bond acceptors (Lipinski definition) is 3. The predicted octanol–water partition coefficient (Wildman–Crippen LogP) is 1.12. The highest BCUT2D eigenvalue weighted by atomic mass is 16.4. The number of nitrogens with one attached hydrogen (secondary N) is 1. The summed E-state index contributed by atoms with van der Waals surface area (Å²) in [5.41, 5.74) is 1.14. The normalized spacial score (nSPS) is 9.78. The lowest BCUT2D eigenvalue weighted by Crippen LogP contribution is -2.13. The lowest BCUT2D eigenvalue weighted by atomic mass is 10.1. The Bertz CT molecular complexity index is 452. The van der Waals surface area contributed by atoms with Crippen molar-refractivity contribution in [1.82, 2.24) is 0 Å². The molecule has 1 aromatic rings. The number of carbonyl (C=O) groups is 3. The van der Waals surface area contributed by atoms with Crippen LogP contribution in [0.2, 0.25) is 0 Å². The minimum absolute atomic E-state index is 0.0762. The average Bonchev–Trinajstić information content (AvgIpc) is 2.28. The second kappa shape index (κ2) is 6.39. The van der Waals surface area contributed by atoms with E-state index < -0.39 is 11.9 Å². The van der Waals surface area contributed by atoms with Crippen LogP contribution in [-0.4, -0.2) is 28.1 Å². The van der Waals surface area contributed by atoms with Crippen LogP contribution in [0, 0.1) is 0 Å². The minimum Gasteiger partial charge on any atom is -0.481 e. The molecule has 96 valence electrons. The molecule has 6 nitrogen and oxygen atoms in total. The van der Waals surface area contributed by atoms with Crippen LogP contribution in [0.1, 0.15) is 18.4 Å². The van der Waals surface area contributed by atoms with E-state index in [1.54, 1.807) is 24.3 Å². The summed E-state index contributed by atoms with van der Waals surface area (Å²) in [5.74, 6) is -2.33. The molecule has 0 atom stereocenters. The zero-order valence-corrected chi connectivity index (χ0v) is 9.55. The van der Waals surface area contributed by atoms with Crippen LogP contribution < -0.4 is 5.32 Å². The summed E-state index contributed by atoms with van der Waals surface area (Å²) in [4.78, 5) is 32.0. The van der Waals surface area contributed by atoms with Gasteiger partial charge in [0.05, 0.1) is 12.8 Å². The van der Waals surface area contributed by atoms with Gasteiger partial charge in [-0.3, -0.25) is 14.4 Å². The van der Waals surface area contributed by atoms with Crippen molar-refractivity contribution in [3.8, 4) is 0 Å². The first-order chi connectivity index (χ1) is 8.47. The quantitative estimate of drug-likeness (QED) is 0.702. The van der Waals surface area contributed by atoms with Gasteiger partial charge in [-0.2, -0.15) is 0 Å². The van der Waals surface area contributed by atoms with E-state index in [4.69, 9.17) is 10.2 Å². The average molecular weight is 251 g/mol. The smallest absolute Gasteiger partial charge is 0.307 e. The Morgan fingerprint density at radius 3 is 2.06 bits per heavy atom. The first-order valence-electron chi connectivity index (χ1n) is 5.30. The van der Waals surface area contributed by atoms with Gasteiger partial charge in [-0.1, -0.05) is 12.1 Å². The van der Waals surface area contributed by atoms with Gasteiger partial charge in [0.1, 0.15) is 0 Å². The second-order valence-electron chi connectivity index (χ2n) is 3.71. The van der Waals surface area contributed by atoms with E-state index in [-0.39, 0.29) is 25.2 Å². The Hall–Kier alpha value is -2.37. The number of carbonyl (C=O) groups excluding carboxylic acids is 1. The third-order valence-corrected chi connectivity index (χ3v) is 2.16. The highest BCUT2D eigenvalue weighted by Gasteiger charge is 2.06. The van der Waals surface area contributed by atoms with Crippen LogP contribution in [0.4, 0.5) is 5.69 Å². The van der Waals surface area contributed by atoms with E-state index in [1.807, 2.05) is 0 Å². The van der Waals surface area contributed by atoms with E-state index in [1.165, 1.54) is 0 Å². The molecule has 0 bridgehead atoms. The highest BCUT2D eigenvalue weighted by Crippen LogP contribution is 2.10. The molecule has 0 aliphatic carbocycles. The van der Waals surface area contributed by atoms with Crippen molar-refractivity contribution in [2.24, 2.45) is 0 Å². The van der Waals surface area contributed by atoms with Crippen LogP contribution in [-0.2, 0) is 20.8 Å². The van der Waals surface area contributed by atoms with Crippen molar-refractivity contribution >= 4 is 23.5 Å². The van der Waals surface area contributed by atoms with E-state index >= 15 is 0 Å². The van der Waals surface area contributed by atoms with E-state index in [0.717, 1.165) is 0 Å². The molecule has 6 heteroatoms. The molecule has 1 rings (SSSR count). The summed E-state index contributed by atoms with van der Waals surface area (Å²) >= 11 is 0. The summed E-state index contributed by atoms with van der Waals surface area (Å²) in [6.45, 7) is 0. The number of rotatable bonds is 6. The summed E-state index contributed by atoms with van der Waals surface area (Å²) in [5, 5.41) is 19.5. The fourth-order valence-corrected chi connectivity index (χ4v) is 1.32. The first-order valence-corrected chi connectivity index (χ1v) is 5.30. The summed E-state index contributed by atoms with van der Waals surface area (Å²) in [6, 6.07) is 6.36. The van der Waals surface area contributed by atoms with Gasteiger partial charge in [-0.05, 0) is 17.7 Å². The number of carboxylic acid groups (broad SMARTS) is 2. The van der Waals surface area contributed by atoms with Crippen molar-refractivity contribution in [3.05, 3.63) is 29.8 Å². The number of amides is 1. The molecule has 0 aliphatic rings. The molecule has 0 aromatic heterocycles. The fraction of sp³-hybridized carbons (Fsp3) is 0.250. The number of carboxylic acids is 2. The van der Waals surface area contributed by atoms with Gasteiger partial charge in [-0.15, -0.1) is 0 Å². The molecule has 0 spiro atoms. The Morgan fingerprint density at radius 1 is 0.944 bits per heavy atom. The molecular weight excluding hydrogens is 238 g/mol. The summed E-state index contributed by atoms with van der Waals surface area (Å²) < 4.78 is 0. The van der Waals surface area contributed by atoms with Crippen LogP contribution in [0.5, 0.6) is 0 Å². The molecule has 0 aliphatic heterocycles. The van der Waals surface area contributed by atoms with Crippen LogP contribution >= 0.6 is 0 Å². The lowest BCUT2D eigenvalue weighted by molar-refractivity contribution is -0.138. The van der Waals surface area contributed by atoms with Crippen LogP contribution in [0.15, 0.2) is 24.3 Å². The third-order valence-electron chi connectivity index (χ3n) is 2.16. The van der Waals surface area contributed by atoms with Gasteiger partial charge in [0.15, 0.2) is 0 Å². The van der Waals surface area contributed by atoms with Crippen LogP contribution in [0.25, 0.3) is 0 Å². The lowest BCUT2D eigenvalue weighted by Gasteiger charge is -2.05. The molecule has 0 saturated heterocycles. The van der Waals surface area contributed by atoms with Crippen molar-refractivity contribution < 1.29 is 24.6 Å². The number of aliphatic carboxylic acids is 2. The molecular formula is C12H13NO5. The first kappa shape index (κ1) is 13.7. The van der Waals surface area contributed by atoms with E-state index in [2.05, 4.69) is 5.32 Å².